The summed E-state index contributed by atoms with van der Waals surface area (Å²) in [5.41, 5.74) is 1.36. The van der Waals surface area contributed by atoms with Crippen molar-refractivity contribution in [1.82, 2.24) is 25.5 Å². The number of aromatic nitrogens is 4. The van der Waals surface area contributed by atoms with E-state index in [9.17, 15) is 4.79 Å². The van der Waals surface area contributed by atoms with E-state index in [0.717, 1.165) is 5.69 Å². The van der Waals surface area contributed by atoms with Crippen LogP contribution in [0.25, 0.3) is 5.69 Å². The van der Waals surface area contributed by atoms with Crippen LogP contribution < -0.4 is 5.32 Å². The number of para-hydroxylation sites is 1. The Balaban J connectivity index is 1.54. The fourth-order valence-corrected chi connectivity index (χ4v) is 3.01. The lowest BCUT2D eigenvalue weighted by molar-refractivity contribution is 0.0956. The summed E-state index contributed by atoms with van der Waals surface area (Å²) in [4.78, 5) is 12.1. The maximum absolute atomic E-state index is 12.1. The van der Waals surface area contributed by atoms with Gasteiger partial charge in [0.2, 0.25) is 5.16 Å². The summed E-state index contributed by atoms with van der Waals surface area (Å²) in [6.45, 7) is 0.483. The molecule has 24 heavy (non-hydrogen) atoms. The van der Waals surface area contributed by atoms with Crippen LogP contribution in [0.2, 0.25) is 5.02 Å². The van der Waals surface area contributed by atoms with E-state index in [1.54, 1.807) is 28.9 Å². The van der Waals surface area contributed by atoms with Crippen LogP contribution in [-0.2, 0) is 0 Å². The molecule has 6 nitrogen and oxygen atoms in total. The molecule has 0 bridgehead atoms. The van der Waals surface area contributed by atoms with Gasteiger partial charge in [-0.15, -0.1) is 5.10 Å². The number of nitrogens with one attached hydrogen (secondary N) is 1. The molecule has 0 aliphatic rings. The van der Waals surface area contributed by atoms with Crippen molar-refractivity contribution in [3.63, 3.8) is 0 Å². The fourth-order valence-electron chi connectivity index (χ4n) is 2.05. The Morgan fingerprint density at radius 1 is 1.12 bits per heavy atom. The molecule has 0 fully saturated rings. The number of carbonyl (C=O) groups excluding carboxylic acids is 1. The van der Waals surface area contributed by atoms with Crippen molar-refractivity contribution < 1.29 is 4.79 Å². The van der Waals surface area contributed by atoms with Crippen LogP contribution >= 0.6 is 23.4 Å². The van der Waals surface area contributed by atoms with Crippen LogP contribution in [0.3, 0.4) is 0 Å². The van der Waals surface area contributed by atoms with Gasteiger partial charge in [0.25, 0.3) is 5.91 Å². The molecular formula is C16H14ClN5OS. The maximum Gasteiger partial charge on any atom is 0.252 e. The molecule has 1 N–H and O–H groups in total. The van der Waals surface area contributed by atoms with E-state index in [1.807, 2.05) is 30.3 Å². The molecule has 122 valence electrons. The topological polar surface area (TPSA) is 72.7 Å². The number of hydrogen-bond acceptors (Lipinski definition) is 5. The summed E-state index contributed by atoms with van der Waals surface area (Å²) in [6, 6.07) is 16.6. The van der Waals surface area contributed by atoms with Gasteiger partial charge in [-0.3, -0.25) is 4.79 Å². The number of benzene rings is 2. The smallest absolute Gasteiger partial charge is 0.252 e. The van der Waals surface area contributed by atoms with Crippen LogP contribution in [0.4, 0.5) is 0 Å². The average molecular weight is 360 g/mol. The first-order valence-electron chi connectivity index (χ1n) is 7.25. The monoisotopic (exact) mass is 359 g/mol. The van der Waals surface area contributed by atoms with Gasteiger partial charge in [0.1, 0.15) is 0 Å². The molecule has 0 spiro atoms. The van der Waals surface area contributed by atoms with Crippen molar-refractivity contribution >= 4 is 29.3 Å². The zero-order valence-corrected chi connectivity index (χ0v) is 14.2. The van der Waals surface area contributed by atoms with Crippen LogP contribution in [0, 0.1) is 0 Å². The molecule has 0 aliphatic heterocycles. The second kappa shape index (κ2) is 7.94. The number of thioether (sulfide) groups is 1. The fraction of sp³-hybridized carbons (Fsp3) is 0.125. The van der Waals surface area contributed by atoms with Crippen LogP contribution in [0.5, 0.6) is 0 Å². The molecule has 2 aromatic carbocycles. The predicted molar refractivity (Wildman–Crippen MR) is 93.7 cm³/mol. The standard InChI is InChI=1S/C16H14ClN5OS/c17-14-9-5-4-8-13(14)15(23)18-10-11-24-16-19-20-21-22(16)12-6-2-1-3-7-12/h1-9H,10-11H2,(H,18,23). The predicted octanol–water partition coefficient (Wildman–Crippen LogP) is 2.84. The molecule has 0 saturated heterocycles. The quantitative estimate of drug-likeness (QED) is 0.541. The van der Waals surface area contributed by atoms with Gasteiger partial charge in [0, 0.05) is 12.3 Å². The maximum atomic E-state index is 12.1. The van der Waals surface area contributed by atoms with E-state index in [1.165, 1.54) is 11.8 Å². The number of halogens is 1. The molecule has 0 radical (unpaired) electrons. The highest BCUT2D eigenvalue weighted by molar-refractivity contribution is 7.99. The van der Waals surface area contributed by atoms with Gasteiger partial charge in [-0.25, -0.2) is 0 Å². The number of hydrogen-bond donors (Lipinski definition) is 1. The summed E-state index contributed by atoms with van der Waals surface area (Å²) in [5.74, 6) is 0.451. The summed E-state index contributed by atoms with van der Waals surface area (Å²) in [7, 11) is 0. The lowest BCUT2D eigenvalue weighted by atomic mass is 10.2. The van der Waals surface area contributed by atoms with Gasteiger partial charge >= 0.3 is 0 Å². The zero-order valence-electron chi connectivity index (χ0n) is 12.6. The Morgan fingerprint density at radius 3 is 2.67 bits per heavy atom. The second-order valence-electron chi connectivity index (χ2n) is 4.79. The molecule has 0 saturated carbocycles. The number of carbonyl (C=O) groups is 1. The minimum absolute atomic E-state index is 0.191. The minimum Gasteiger partial charge on any atom is -0.351 e. The Kier molecular flexibility index (Phi) is 5.45. The van der Waals surface area contributed by atoms with Gasteiger partial charge in [0.15, 0.2) is 0 Å². The van der Waals surface area contributed by atoms with Gasteiger partial charge in [-0.05, 0) is 34.7 Å². The lowest BCUT2D eigenvalue weighted by Crippen LogP contribution is -2.26. The Bertz CT molecular complexity index is 824. The van der Waals surface area contributed by atoms with Crippen molar-refractivity contribution in [2.75, 3.05) is 12.3 Å². The van der Waals surface area contributed by atoms with Crippen molar-refractivity contribution in [3.05, 3.63) is 65.2 Å². The van der Waals surface area contributed by atoms with Crippen LogP contribution in [0.1, 0.15) is 10.4 Å². The molecule has 1 heterocycles. The van der Waals surface area contributed by atoms with Gasteiger partial charge in [-0.1, -0.05) is 53.7 Å². The van der Waals surface area contributed by atoms with Crippen molar-refractivity contribution in [1.29, 1.82) is 0 Å². The number of tetrazole rings is 1. The first-order chi connectivity index (χ1) is 11.8. The van der Waals surface area contributed by atoms with E-state index in [-0.39, 0.29) is 5.91 Å². The Labute approximate surface area is 148 Å². The van der Waals surface area contributed by atoms with Gasteiger partial charge in [-0.2, -0.15) is 4.68 Å². The van der Waals surface area contributed by atoms with Gasteiger partial charge < -0.3 is 5.32 Å². The zero-order chi connectivity index (χ0) is 16.8. The number of amides is 1. The van der Waals surface area contributed by atoms with Crippen LogP contribution in [-0.4, -0.2) is 38.4 Å². The second-order valence-corrected chi connectivity index (χ2v) is 6.26. The summed E-state index contributed by atoms with van der Waals surface area (Å²) in [6.07, 6.45) is 0. The van der Waals surface area contributed by atoms with E-state index in [2.05, 4.69) is 20.8 Å². The Morgan fingerprint density at radius 2 is 1.88 bits per heavy atom. The summed E-state index contributed by atoms with van der Waals surface area (Å²) >= 11 is 7.47. The van der Waals surface area contributed by atoms with E-state index < -0.39 is 0 Å². The largest absolute Gasteiger partial charge is 0.351 e. The SMILES string of the molecule is O=C(NCCSc1nnnn1-c1ccccc1)c1ccccc1Cl. The molecule has 0 unspecified atom stereocenters. The highest BCUT2D eigenvalue weighted by atomic mass is 35.5. The average Bonchev–Trinajstić information content (AvgIpc) is 3.08. The third kappa shape index (κ3) is 3.93. The molecule has 3 rings (SSSR count). The summed E-state index contributed by atoms with van der Waals surface area (Å²) in [5, 5.41) is 15.7. The normalized spacial score (nSPS) is 10.5. The minimum atomic E-state index is -0.191. The molecule has 1 amide bonds. The van der Waals surface area contributed by atoms with E-state index in [4.69, 9.17) is 11.6 Å². The number of nitrogens with zero attached hydrogens (tertiary/aromatic N) is 4. The van der Waals surface area contributed by atoms with Crippen molar-refractivity contribution in [2.45, 2.75) is 5.16 Å². The third-order valence-corrected chi connectivity index (χ3v) is 4.43. The highest BCUT2D eigenvalue weighted by Gasteiger charge is 2.10. The number of rotatable bonds is 6. The van der Waals surface area contributed by atoms with Gasteiger partial charge in [0.05, 0.1) is 16.3 Å². The third-order valence-electron chi connectivity index (χ3n) is 3.18. The molecular weight excluding hydrogens is 346 g/mol. The first-order valence-corrected chi connectivity index (χ1v) is 8.61. The first kappa shape index (κ1) is 16.5. The summed E-state index contributed by atoms with van der Waals surface area (Å²) < 4.78 is 1.67. The van der Waals surface area contributed by atoms with Crippen molar-refractivity contribution in [2.24, 2.45) is 0 Å². The van der Waals surface area contributed by atoms with Crippen LogP contribution in [0.15, 0.2) is 59.8 Å². The highest BCUT2D eigenvalue weighted by Crippen LogP contribution is 2.18. The molecule has 1 aromatic heterocycles. The lowest BCUT2D eigenvalue weighted by Gasteiger charge is -2.07. The molecule has 3 aromatic rings. The van der Waals surface area contributed by atoms with E-state index >= 15 is 0 Å². The Hall–Kier alpha value is -2.38. The molecule has 8 heteroatoms. The molecule has 0 atom stereocenters. The van der Waals surface area contributed by atoms with Crippen molar-refractivity contribution in [3.8, 4) is 5.69 Å². The molecule has 0 aliphatic carbocycles. The van der Waals surface area contributed by atoms with E-state index in [0.29, 0.717) is 28.0 Å².